The van der Waals surface area contributed by atoms with Crippen LogP contribution in [0.15, 0.2) is 0 Å². The van der Waals surface area contributed by atoms with E-state index in [2.05, 4.69) is 6.92 Å². The fraction of sp³-hybridized carbons (Fsp3) is 0.947. The zero-order valence-electron chi connectivity index (χ0n) is 16.1. The Hall–Kier alpha value is 0.380. The predicted octanol–water partition coefficient (Wildman–Crippen LogP) is 4.94. The first-order valence-electron chi connectivity index (χ1n) is 9.96. The van der Waals surface area contributed by atoms with Gasteiger partial charge in [0.1, 0.15) is 0 Å². The van der Waals surface area contributed by atoms with Crippen LogP contribution >= 0.6 is 0 Å². The molecule has 0 amide bonds. The third kappa shape index (κ3) is 12.7. The van der Waals surface area contributed by atoms with Crippen molar-refractivity contribution in [3.8, 4) is 0 Å². The summed E-state index contributed by atoms with van der Waals surface area (Å²) in [6.07, 6.45) is 16.5. The Balaban J connectivity index is 0. The molecule has 0 fully saturated rings. The van der Waals surface area contributed by atoms with E-state index in [1.165, 1.54) is 64.2 Å². The molecule has 0 aromatic heterocycles. The van der Waals surface area contributed by atoms with E-state index in [-0.39, 0.29) is 36.0 Å². The van der Waals surface area contributed by atoms with Crippen LogP contribution in [0.5, 0.6) is 0 Å². The first kappa shape index (κ1) is 28.6. The van der Waals surface area contributed by atoms with Crippen LogP contribution in [0.1, 0.15) is 110 Å². The second-order valence-corrected chi connectivity index (χ2v) is 9.21. The van der Waals surface area contributed by atoms with Gasteiger partial charge in [0, 0.05) is 0 Å². The van der Waals surface area contributed by atoms with Gasteiger partial charge in [0.05, 0.1) is 0 Å². The second-order valence-electron chi connectivity index (χ2n) is 7.36. The summed E-state index contributed by atoms with van der Waals surface area (Å²) >= 11 is 0. The molecule has 0 aliphatic heterocycles. The Morgan fingerprint density at radius 1 is 0.769 bits per heavy atom. The molecule has 26 heavy (non-hydrogen) atoms. The van der Waals surface area contributed by atoms with Gasteiger partial charge in [-0.25, -0.2) is 0 Å². The molecule has 0 aliphatic carbocycles. The summed E-state index contributed by atoms with van der Waals surface area (Å²) in [6.45, 7) is 3.31. The Morgan fingerprint density at radius 2 is 1.08 bits per heavy atom. The topological polar surface area (TPSA) is 91.7 Å². The summed E-state index contributed by atoms with van der Waals surface area (Å²) in [5, 5.41) is 9.03. The summed E-state index contributed by atoms with van der Waals surface area (Å²) in [4.78, 5) is 11.1. The van der Waals surface area contributed by atoms with Crippen molar-refractivity contribution in [3.05, 3.63) is 0 Å². The maximum atomic E-state index is 11.2. The Bertz CT molecular complexity index is 453. The van der Waals surface area contributed by atoms with E-state index < -0.39 is 20.8 Å². The van der Waals surface area contributed by atoms with E-state index in [4.69, 9.17) is 9.66 Å². The molecule has 7 heteroatoms. The molecule has 2 N–H and O–H groups in total. The van der Waals surface area contributed by atoms with E-state index in [1.54, 1.807) is 0 Å². The van der Waals surface area contributed by atoms with Crippen molar-refractivity contribution in [2.45, 2.75) is 115 Å². The molecule has 0 aromatic rings. The Morgan fingerprint density at radius 3 is 1.35 bits per heavy atom. The van der Waals surface area contributed by atoms with E-state index in [9.17, 15) is 13.2 Å². The van der Waals surface area contributed by atoms with E-state index in [0.29, 0.717) is 6.42 Å². The first-order valence-corrected chi connectivity index (χ1v) is 11.4. The van der Waals surface area contributed by atoms with Crippen molar-refractivity contribution in [1.82, 2.24) is 0 Å². The standard InChI is InChI=1S/C19H38O5S.Na.H/c1-3-4-5-6-7-8-9-10-11-12-13-14-15-16-17-19(2,18(20)21)25(22,23)24;;/h3-17H2,1-2H3,(H,20,21)(H,22,23,24);;. The summed E-state index contributed by atoms with van der Waals surface area (Å²) < 4.78 is 29.5. The van der Waals surface area contributed by atoms with Crippen LogP contribution in [0.25, 0.3) is 0 Å². The minimum absolute atomic E-state index is 0. The van der Waals surface area contributed by atoms with Crippen LogP contribution < -0.4 is 0 Å². The van der Waals surface area contributed by atoms with Crippen LogP contribution in [0.4, 0.5) is 0 Å². The number of aliphatic carboxylic acids is 1. The molecule has 0 saturated carbocycles. The van der Waals surface area contributed by atoms with Gasteiger partial charge in [0.15, 0.2) is 4.75 Å². The van der Waals surface area contributed by atoms with Crippen molar-refractivity contribution >= 4 is 45.6 Å². The number of carboxylic acid groups (broad SMARTS) is 1. The number of carbonyl (C=O) groups is 1. The van der Waals surface area contributed by atoms with E-state index in [0.717, 1.165) is 26.2 Å². The third-order valence-corrected chi connectivity index (χ3v) is 6.55. The Labute approximate surface area is 182 Å². The SMILES string of the molecule is CCCCCCCCCCCCCCCCC(C)(C(=O)O)S(=O)(=O)O.[NaH]. The normalized spacial score (nSPS) is 13.8. The summed E-state index contributed by atoms with van der Waals surface area (Å²) in [5.74, 6) is -1.48. The van der Waals surface area contributed by atoms with Gasteiger partial charge >= 0.3 is 35.5 Å². The van der Waals surface area contributed by atoms with Gasteiger partial charge in [-0.15, -0.1) is 0 Å². The molecule has 0 radical (unpaired) electrons. The minimum atomic E-state index is -4.58. The van der Waals surface area contributed by atoms with Gasteiger partial charge in [-0.05, 0) is 13.3 Å². The first-order chi connectivity index (χ1) is 11.8. The molecule has 152 valence electrons. The molecule has 1 atom stereocenters. The van der Waals surface area contributed by atoms with Crippen molar-refractivity contribution in [2.24, 2.45) is 0 Å². The molecule has 0 saturated heterocycles. The number of hydrogen-bond acceptors (Lipinski definition) is 3. The zero-order chi connectivity index (χ0) is 19.2. The quantitative estimate of drug-likeness (QED) is 0.204. The fourth-order valence-electron chi connectivity index (χ4n) is 3.00. The predicted molar refractivity (Wildman–Crippen MR) is 110 cm³/mol. The van der Waals surface area contributed by atoms with Crippen molar-refractivity contribution in [1.29, 1.82) is 0 Å². The van der Waals surface area contributed by atoms with Crippen LogP contribution in [-0.4, -0.2) is 58.4 Å². The van der Waals surface area contributed by atoms with Gasteiger partial charge in [0.2, 0.25) is 0 Å². The number of carboxylic acids is 1. The van der Waals surface area contributed by atoms with Crippen LogP contribution in [-0.2, 0) is 14.9 Å². The molecule has 0 aliphatic rings. The Kier molecular flexibility index (Phi) is 18.0. The van der Waals surface area contributed by atoms with Crippen molar-refractivity contribution in [2.75, 3.05) is 0 Å². The molecule has 0 rings (SSSR count). The van der Waals surface area contributed by atoms with Gasteiger partial charge in [-0.1, -0.05) is 96.8 Å². The average molecular weight is 403 g/mol. The van der Waals surface area contributed by atoms with Crippen LogP contribution in [0.2, 0.25) is 0 Å². The fourth-order valence-corrected chi connectivity index (χ4v) is 3.63. The third-order valence-electron chi connectivity index (χ3n) is 5.03. The summed E-state index contributed by atoms with van der Waals surface area (Å²) in [5.41, 5.74) is 0. The number of hydrogen-bond donors (Lipinski definition) is 2. The number of rotatable bonds is 17. The summed E-state index contributed by atoms with van der Waals surface area (Å²) in [6, 6.07) is 0. The molecular formula is C19H39NaO5S. The molecule has 0 heterocycles. The molecule has 1 unspecified atom stereocenters. The number of unbranched alkanes of at least 4 members (excludes halogenated alkanes) is 13. The van der Waals surface area contributed by atoms with Gasteiger partial charge in [-0.3, -0.25) is 9.35 Å². The molecule has 5 nitrogen and oxygen atoms in total. The molecule has 0 aromatic carbocycles. The molecule has 0 spiro atoms. The summed E-state index contributed by atoms with van der Waals surface area (Å²) in [7, 11) is -4.58. The zero-order valence-corrected chi connectivity index (χ0v) is 17.0. The van der Waals surface area contributed by atoms with Crippen LogP contribution in [0, 0.1) is 0 Å². The van der Waals surface area contributed by atoms with E-state index >= 15 is 0 Å². The van der Waals surface area contributed by atoms with Gasteiger partial charge in [0.25, 0.3) is 10.1 Å². The maximum absolute atomic E-state index is 11.2. The monoisotopic (exact) mass is 402 g/mol. The van der Waals surface area contributed by atoms with Gasteiger partial charge < -0.3 is 5.11 Å². The van der Waals surface area contributed by atoms with Crippen molar-refractivity contribution < 1.29 is 22.9 Å². The van der Waals surface area contributed by atoms with Crippen molar-refractivity contribution in [3.63, 3.8) is 0 Å². The molecular weight excluding hydrogens is 363 g/mol. The molecule has 0 bridgehead atoms. The van der Waals surface area contributed by atoms with E-state index in [1.807, 2.05) is 0 Å². The second kappa shape index (κ2) is 16.3. The van der Waals surface area contributed by atoms with Crippen LogP contribution in [0.3, 0.4) is 0 Å². The average Bonchev–Trinajstić information content (AvgIpc) is 2.53. The van der Waals surface area contributed by atoms with Gasteiger partial charge in [-0.2, -0.15) is 8.42 Å².